The van der Waals surface area contributed by atoms with E-state index in [0.29, 0.717) is 25.0 Å². The van der Waals surface area contributed by atoms with E-state index in [4.69, 9.17) is 0 Å². The lowest BCUT2D eigenvalue weighted by molar-refractivity contribution is -0.141. The van der Waals surface area contributed by atoms with Crippen molar-refractivity contribution in [1.29, 1.82) is 0 Å². The molecule has 2 rings (SSSR count). The minimum Gasteiger partial charge on any atom is -0.480 e. The molecule has 0 heterocycles. The fourth-order valence-electron chi connectivity index (χ4n) is 2.59. The summed E-state index contributed by atoms with van der Waals surface area (Å²) < 4.78 is 49.3. The molecule has 0 bridgehead atoms. The van der Waals surface area contributed by atoms with Gasteiger partial charge in [0, 0.05) is 0 Å². The number of benzene rings is 1. The molecule has 0 unspecified atom stereocenters. The van der Waals surface area contributed by atoms with Crippen LogP contribution in [0.3, 0.4) is 0 Å². The highest BCUT2D eigenvalue weighted by Crippen LogP contribution is 2.39. The topological polar surface area (TPSA) is 71.4 Å². The lowest BCUT2D eigenvalue weighted by Gasteiger charge is -2.32. The molecule has 0 radical (unpaired) electrons. The molecule has 1 saturated carbocycles. The van der Waals surface area contributed by atoms with Crippen molar-refractivity contribution in [1.82, 2.24) is 0 Å². The van der Waals surface area contributed by atoms with Crippen LogP contribution in [0, 0.1) is 11.6 Å². The first kappa shape index (κ1) is 14.9. The van der Waals surface area contributed by atoms with Crippen molar-refractivity contribution in [3.63, 3.8) is 0 Å². The Hall–Kier alpha value is -1.50. The van der Waals surface area contributed by atoms with E-state index in [2.05, 4.69) is 0 Å². The lowest BCUT2D eigenvalue weighted by atomic mass is 9.88. The molecule has 0 aromatic heterocycles. The molecule has 0 aliphatic heterocycles. The lowest BCUT2D eigenvalue weighted by Crippen LogP contribution is -2.48. The number of hydrogen-bond donors (Lipinski definition) is 1. The quantitative estimate of drug-likeness (QED) is 0.871. The zero-order chi connectivity index (χ0) is 15.0. The monoisotopic (exact) mass is 304 g/mol. The Morgan fingerprint density at radius 3 is 2.20 bits per heavy atom. The Kier molecular flexibility index (Phi) is 3.82. The van der Waals surface area contributed by atoms with Gasteiger partial charge < -0.3 is 5.11 Å². The second-order valence-corrected chi connectivity index (χ2v) is 7.20. The first-order valence-electron chi connectivity index (χ1n) is 6.24. The first-order valence-corrected chi connectivity index (χ1v) is 7.73. The zero-order valence-electron chi connectivity index (χ0n) is 10.6. The number of rotatable bonds is 3. The van der Waals surface area contributed by atoms with Crippen molar-refractivity contribution in [3.05, 3.63) is 29.8 Å². The highest BCUT2D eigenvalue weighted by Gasteiger charge is 2.52. The Bertz CT molecular complexity index is 634. The number of sulfone groups is 1. The van der Waals surface area contributed by atoms with Gasteiger partial charge in [0.1, 0.15) is 0 Å². The Balaban J connectivity index is 2.56. The third-order valence-corrected chi connectivity index (χ3v) is 6.25. The predicted octanol–water partition coefficient (Wildman–Crippen LogP) is 2.53. The summed E-state index contributed by atoms with van der Waals surface area (Å²) in [5.41, 5.74) is 0. The van der Waals surface area contributed by atoms with Crippen LogP contribution in [0.5, 0.6) is 0 Å². The smallest absolute Gasteiger partial charge is 0.325 e. The Morgan fingerprint density at radius 2 is 1.70 bits per heavy atom. The maximum atomic E-state index is 13.2. The molecule has 1 aliphatic carbocycles. The highest BCUT2D eigenvalue weighted by molar-refractivity contribution is 7.93. The fraction of sp³-hybridized carbons (Fsp3) is 0.462. The van der Waals surface area contributed by atoms with Gasteiger partial charge in [-0.3, -0.25) is 4.79 Å². The SMILES string of the molecule is O=C(O)C1(S(=O)(=O)c2ccc(F)c(F)c2)CCCCC1. The predicted molar refractivity (Wildman–Crippen MR) is 67.0 cm³/mol. The molecule has 7 heteroatoms. The molecule has 0 saturated heterocycles. The van der Waals surface area contributed by atoms with Crippen molar-refractivity contribution < 1.29 is 27.1 Å². The third kappa shape index (κ3) is 2.19. The van der Waals surface area contributed by atoms with E-state index < -0.39 is 37.1 Å². The van der Waals surface area contributed by atoms with Crippen molar-refractivity contribution in [3.8, 4) is 0 Å². The summed E-state index contributed by atoms with van der Waals surface area (Å²) in [5.74, 6) is -3.90. The van der Waals surface area contributed by atoms with E-state index in [1.165, 1.54) is 0 Å². The summed E-state index contributed by atoms with van der Waals surface area (Å²) in [6, 6.07) is 2.15. The van der Waals surface area contributed by atoms with Crippen molar-refractivity contribution in [2.75, 3.05) is 0 Å². The summed E-state index contributed by atoms with van der Waals surface area (Å²) in [6.45, 7) is 0. The van der Waals surface area contributed by atoms with E-state index >= 15 is 0 Å². The van der Waals surface area contributed by atoms with E-state index in [9.17, 15) is 27.1 Å². The number of carboxylic acid groups (broad SMARTS) is 1. The van der Waals surface area contributed by atoms with Gasteiger partial charge in [-0.25, -0.2) is 17.2 Å². The van der Waals surface area contributed by atoms with Gasteiger partial charge in [0.25, 0.3) is 0 Å². The average Bonchev–Trinajstić information content (AvgIpc) is 2.42. The van der Waals surface area contributed by atoms with Gasteiger partial charge in [-0.05, 0) is 31.0 Å². The Labute approximate surface area is 115 Å². The molecule has 1 aliphatic rings. The van der Waals surface area contributed by atoms with Crippen LogP contribution in [0.1, 0.15) is 32.1 Å². The molecule has 0 amide bonds. The molecule has 1 aromatic rings. The molecule has 0 spiro atoms. The van der Waals surface area contributed by atoms with Crippen LogP contribution in [0.25, 0.3) is 0 Å². The van der Waals surface area contributed by atoms with E-state index in [1.54, 1.807) is 0 Å². The third-order valence-electron chi connectivity index (χ3n) is 3.77. The molecule has 4 nitrogen and oxygen atoms in total. The standard InChI is InChI=1S/C13H14F2O4S/c14-10-5-4-9(8-11(10)15)20(18,19)13(12(16)17)6-2-1-3-7-13/h4-5,8H,1-3,6-7H2,(H,16,17). The van der Waals surface area contributed by atoms with Gasteiger partial charge in [-0.1, -0.05) is 19.3 Å². The molecule has 110 valence electrons. The minimum atomic E-state index is -4.27. The second-order valence-electron chi connectivity index (χ2n) is 4.94. The molecular formula is C13H14F2O4S. The van der Waals surface area contributed by atoms with E-state index in [0.717, 1.165) is 12.5 Å². The maximum Gasteiger partial charge on any atom is 0.325 e. The summed E-state index contributed by atoms with van der Waals surface area (Å²) in [5, 5.41) is 9.36. The fourth-order valence-corrected chi connectivity index (χ4v) is 4.60. The second kappa shape index (κ2) is 5.12. The van der Waals surface area contributed by atoms with Crippen molar-refractivity contribution in [2.45, 2.75) is 41.7 Å². The molecule has 0 atom stereocenters. The minimum absolute atomic E-state index is 0.0103. The maximum absolute atomic E-state index is 13.2. The summed E-state index contributed by atoms with van der Waals surface area (Å²) >= 11 is 0. The van der Waals surface area contributed by atoms with E-state index in [1.807, 2.05) is 0 Å². The van der Waals surface area contributed by atoms with Crippen LogP contribution in [0.2, 0.25) is 0 Å². The Morgan fingerprint density at radius 1 is 1.10 bits per heavy atom. The van der Waals surface area contributed by atoms with Crippen molar-refractivity contribution in [2.24, 2.45) is 0 Å². The first-order chi connectivity index (χ1) is 9.31. The number of carboxylic acids is 1. The van der Waals surface area contributed by atoms with Crippen LogP contribution in [-0.4, -0.2) is 24.2 Å². The van der Waals surface area contributed by atoms with Crippen LogP contribution >= 0.6 is 0 Å². The number of hydrogen-bond acceptors (Lipinski definition) is 3. The normalized spacial score (nSPS) is 18.7. The van der Waals surface area contributed by atoms with Crippen molar-refractivity contribution >= 4 is 15.8 Å². The summed E-state index contributed by atoms with van der Waals surface area (Å²) in [7, 11) is -4.27. The van der Waals surface area contributed by atoms with Gasteiger partial charge >= 0.3 is 5.97 Å². The highest BCUT2D eigenvalue weighted by atomic mass is 32.2. The van der Waals surface area contributed by atoms with Crippen LogP contribution in [0.4, 0.5) is 8.78 Å². The molecule has 1 N–H and O–H groups in total. The molecule has 1 aromatic carbocycles. The molecule has 20 heavy (non-hydrogen) atoms. The van der Waals surface area contributed by atoms with Gasteiger partial charge in [-0.2, -0.15) is 0 Å². The zero-order valence-corrected chi connectivity index (χ0v) is 11.4. The van der Waals surface area contributed by atoms with Gasteiger partial charge in [0.15, 0.2) is 26.2 Å². The van der Waals surface area contributed by atoms with Crippen LogP contribution in [-0.2, 0) is 14.6 Å². The molecule has 1 fully saturated rings. The molecular weight excluding hydrogens is 290 g/mol. The van der Waals surface area contributed by atoms with Crippen LogP contribution < -0.4 is 0 Å². The van der Waals surface area contributed by atoms with Gasteiger partial charge in [0.2, 0.25) is 0 Å². The van der Waals surface area contributed by atoms with Gasteiger partial charge in [-0.15, -0.1) is 0 Å². The van der Waals surface area contributed by atoms with Crippen LogP contribution in [0.15, 0.2) is 23.1 Å². The van der Waals surface area contributed by atoms with E-state index in [-0.39, 0.29) is 12.8 Å². The average molecular weight is 304 g/mol. The summed E-state index contributed by atoms with van der Waals surface area (Å²) in [4.78, 5) is 11.0. The number of carbonyl (C=O) groups is 1. The number of aliphatic carboxylic acids is 1. The number of halogens is 2. The largest absolute Gasteiger partial charge is 0.480 e. The summed E-state index contributed by atoms with van der Waals surface area (Å²) in [6.07, 6.45) is 1.71. The van der Waals surface area contributed by atoms with Gasteiger partial charge in [0.05, 0.1) is 4.90 Å².